The van der Waals surface area contributed by atoms with Crippen LogP contribution < -0.4 is 5.32 Å². The maximum Gasteiger partial charge on any atom is 0.290 e. The quantitative estimate of drug-likeness (QED) is 0.794. The predicted molar refractivity (Wildman–Crippen MR) is 62.1 cm³/mol. The Kier molecular flexibility index (Phi) is 4.46. The van der Waals surface area contributed by atoms with E-state index in [0.717, 1.165) is 12.2 Å². The summed E-state index contributed by atoms with van der Waals surface area (Å²) in [6.45, 7) is 9.01. The molecule has 1 aromatic heterocycles. The first kappa shape index (κ1) is 12.7. The topological polar surface area (TPSA) is 70.7 Å². The fourth-order valence-corrected chi connectivity index (χ4v) is 1.12. The molecule has 1 amide bonds. The molecule has 0 radical (unpaired) electrons. The maximum atomic E-state index is 11.6. The molecule has 0 aliphatic rings. The Hall–Kier alpha value is -1.39. The Morgan fingerprint density at radius 2 is 2.12 bits per heavy atom. The summed E-state index contributed by atoms with van der Waals surface area (Å²) in [4.78, 5) is 15.7. The van der Waals surface area contributed by atoms with Gasteiger partial charge in [-0.1, -0.05) is 27.7 Å². The molecule has 0 aliphatic carbocycles. The number of amides is 1. The van der Waals surface area contributed by atoms with Crippen LogP contribution in [0.5, 0.6) is 0 Å². The zero-order chi connectivity index (χ0) is 12.1. The Bertz CT molecular complexity index is 346. The third-order valence-electron chi connectivity index (χ3n) is 2.79. The first-order valence-corrected chi connectivity index (χ1v) is 5.74. The molecule has 0 spiro atoms. The monoisotopic (exact) mass is 224 g/mol. The maximum absolute atomic E-state index is 11.6. The molecule has 0 aromatic carbocycles. The molecule has 1 atom stereocenters. The summed E-state index contributed by atoms with van der Waals surface area (Å²) >= 11 is 0. The number of rotatable bonds is 5. The lowest BCUT2D eigenvalue weighted by molar-refractivity contribution is 0.0935. The van der Waals surface area contributed by atoms with Gasteiger partial charge in [0, 0.05) is 13.0 Å². The Balaban J connectivity index is 2.46. The van der Waals surface area contributed by atoms with Gasteiger partial charge in [0.1, 0.15) is 5.82 Å². The van der Waals surface area contributed by atoms with Gasteiger partial charge in [-0.15, -0.1) is 5.10 Å². The van der Waals surface area contributed by atoms with Crippen LogP contribution in [-0.2, 0) is 6.42 Å². The summed E-state index contributed by atoms with van der Waals surface area (Å²) in [5, 5.41) is 9.42. The first-order valence-electron chi connectivity index (χ1n) is 5.74. The number of hydrogen-bond acceptors (Lipinski definition) is 3. The molecule has 5 heteroatoms. The van der Waals surface area contributed by atoms with Crippen molar-refractivity contribution in [2.24, 2.45) is 11.8 Å². The molecule has 2 N–H and O–H groups in total. The van der Waals surface area contributed by atoms with Gasteiger partial charge >= 0.3 is 0 Å². The molecule has 0 bridgehead atoms. The number of H-pyrrole nitrogens is 1. The molecule has 90 valence electrons. The third kappa shape index (κ3) is 3.32. The van der Waals surface area contributed by atoms with E-state index in [1.54, 1.807) is 0 Å². The summed E-state index contributed by atoms with van der Waals surface area (Å²) in [6, 6.07) is 0. The Morgan fingerprint density at radius 1 is 1.44 bits per heavy atom. The summed E-state index contributed by atoms with van der Waals surface area (Å²) in [6.07, 6.45) is 0.753. The second-order valence-corrected chi connectivity index (χ2v) is 4.39. The summed E-state index contributed by atoms with van der Waals surface area (Å²) in [7, 11) is 0. The van der Waals surface area contributed by atoms with Crippen molar-refractivity contribution in [1.82, 2.24) is 20.5 Å². The Morgan fingerprint density at radius 3 is 2.62 bits per heavy atom. The number of aromatic amines is 1. The fourth-order valence-electron chi connectivity index (χ4n) is 1.12. The minimum atomic E-state index is -0.205. The van der Waals surface area contributed by atoms with Gasteiger partial charge in [0.15, 0.2) is 0 Å². The van der Waals surface area contributed by atoms with Crippen LogP contribution >= 0.6 is 0 Å². The van der Waals surface area contributed by atoms with Gasteiger partial charge < -0.3 is 5.32 Å². The van der Waals surface area contributed by atoms with Gasteiger partial charge in [-0.05, 0) is 11.8 Å². The molecule has 1 heterocycles. The highest BCUT2D eigenvalue weighted by molar-refractivity contribution is 5.90. The van der Waals surface area contributed by atoms with E-state index in [-0.39, 0.29) is 11.7 Å². The molecule has 0 saturated heterocycles. The molecule has 5 nitrogen and oxygen atoms in total. The standard InChI is InChI=1S/C11H20N4O/c1-5-9-13-10(15-14-9)11(16)12-6-8(4)7(2)3/h7-8H,5-6H2,1-4H3,(H,12,16)(H,13,14,15). The highest BCUT2D eigenvalue weighted by atomic mass is 16.2. The van der Waals surface area contributed by atoms with Gasteiger partial charge in [-0.2, -0.15) is 0 Å². The molecule has 1 rings (SSSR count). The van der Waals surface area contributed by atoms with E-state index in [1.165, 1.54) is 0 Å². The van der Waals surface area contributed by atoms with Crippen LogP contribution in [0.15, 0.2) is 0 Å². The van der Waals surface area contributed by atoms with Crippen LogP contribution in [-0.4, -0.2) is 27.6 Å². The number of aromatic nitrogens is 3. The van der Waals surface area contributed by atoms with Gasteiger partial charge in [0.25, 0.3) is 5.91 Å². The van der Waals surface area contributed by atoms with Crippen LogP contribution in [0.25, 0.3) is 0 Å². The molecule has 1 unspecified atom stereocenters. The van der Waals surface area contributed by atoms with Gasteiger partial charge in [-0.25, -0.2) is 4.98 Å². The number of carbonyl (C=O) groups is 1. The number of aryl methyl sites for hydroxylation is 1. The molecule has 1 aromatic rings. The van der Waals surface area contributed by atoms with Gasteiger partial charge in [0.05, 0.1) is 0 Å². The van der Waals surface area contributed by atoms with Crippen LogP contribution in [0.4, 0.5) is 0 Å². The predicted octanol–water partition coefficient (Wildman–Crippen LogP) is 1.39. The zero-order valence-corrected chi connectivity index (χ0v) is 10.4. The molecule has 16 heavy (non-hydrogen) atoms. The van der Waals surface area contributed by atoms with Crippen molar-refractivity contribution in [1.29, 1.82) is 0 Å². The van der Waals surface area contributed by atoms with E-state index in [9.17, 15) is 4.79 Å². The second kappa shape index (κ2) is 5.63. The molecular formula is C11H20N4O. The average molecular weight is 224 g/mol. The fraction of sp³-hybridized carbons (Fsp3) is 0.727. The molecular weight excluding hydrogens is 204 g/mol. The smallest absolute Gasteiger partial charge is 0.290 e. The van der Waals surface area contributed by atoms with Crippen molar-refractivity contribution < 1.29 is 4.79 Å². The van der Waals surface area contributed by atoms with E-state index in [1.807, 2.05) is 6.92 Å². The molecule has 0 fully saturated rings. The van der Waals surface area contributed by atoms with E-state index >= 15 is 0 Å². The minimum Gasteiger partial charge on any atom is -0.349 e. The summed E-state index contributed by atoms with van der Waals surface area (Å²) in [5.74, 6) is 1.77. The zero-order valence-electron chi connectivity index (χ0n) is 10.4. The molecule has 0 aliphatic heterocycles. The van der Waals surface area contributed by atoms with Crippen LogP contribution in [0.1, 0.15) is 44.1 Å². The molecule has 0 saturated carbocycles. The number of carbonyl (C=O) groups excluding carboxylic acids is 1. The van der Waals surface area contributed by atoms with Crippen molar-refractivity contribution >= 4 is 5.91 Å². The number of nitrogens with zero attached hydrogens (tertiary/aromatic N) is 2. The van der Waals surface area contributed by atoms with Crippen molar-refractivity contribution in [3.05, 3.63) is 11.6 Å². The van der Waals surface area contributed by atoms with E-state index < -0.39 is 0 Å². The van der Waals surface area contributed by atoms with Gasteiger partial charge in [-0.3, -0.25) is 9.89 Å². The number of hydrogen-bond donors (Lipinski definition) is 2. The lowest BCUT2D eigenvalue weighted by atomic mass is 9.98. The van der Waals surface area contributed by atoms with Crippen molar-refractivity contribution in [3.63, 3.8) is 0 Å². The van der Waals surface area contributed by atoms with E-state index in [4.69, 9.17) is 0 Å². The SMILES string of the molecule is CCc1nc(C(=O)NCC(C)C(C)C)n[nH]1. The van der Waals surface area contributed by atoms with Crippen LogP contribution in [0.3, 0.4) is 0 Å². The summed E-state index contributed by atoms with van der Waals surface area (Å²) < 4.78 is 0. The minimum absolute atomic E-state index is 0.205. The Labute approximate surface area is 96.0 Å². The van der Waals surface area contributed by atoms with E-state index in [2.05, 4.69) is 41.3 Å². The van der Waals surface area contributed by atoms with Crippen LogP contribution in [0, 0.1) is 11.8 Å². The second-order valence-electron chi connectivity index (χ2n) is 4.39. The number of nitrogens with one attached hydrogen (secondary N) is 2. The normalized spacial score (nSPS) is 12.8. The van der Waals surface area contributed by atoms with E-state index in [0.29, 0.717) is 18.4 Å². The lowest BCUT2D eigenvalue weighted by Crippen LogP contribution is -2.30. The van der Waals surface area contributed by atoms with Crippen molar-refractivity contribution in [2.75, 3.05) is 6.54 Å². The highest BCUT2D eigenvalue weighted by Gasteiger charge is 2.13. The lowest BCUT2D eigenvalue weighted by Gasteiger charge is -2.15. The van der Waals surface area contributed by atoms with Crippen LogP contribution in [0.2, 0.25) is 0 Å². The third-order valence-corrected chi connectivity index (χ3v) is 2.79. The van der Waals surface area contributed by atoms with Gasteiger partial charge in [0.2, 0.25) is 5.82 Å². The van der Waals surface area contributed by atoms with Crippen molar-refractivity contribution in [3.8, 4) is 0 Å². The highest BCUT2D eigenvalue weighted by Crippen LogP contribution is 2.07. The summed E-state index contributed by atoms with van der Waals surface area (Å²) in [5.41, 5.74) is 0. The first-order chi connectivity index (χ1) is 7.54. The van der Waals surface area contributed by atoms with Crippen molar-refractivity contribution in [2.45, 2.75) is 34.1 Å². The largest absolute Gasteiger partial charge is 0.349 e. The average Bonchev–Trinajstić information content (AvgIpc) is 2.73.